The van der Waals surface area contributed by atoms with Crippen LogP contribution in [0.1, 0.15) is 19.4 Å². The molecule has 0 spiro atoms. The number of nitrogens with zero attached hydrogens (tertiary/aromatic N) is 2. The Morgan fingerprint density at radius 1 is 1.33 bits per heavy atom. The molecule has 5 nitrogen and oxygen atoms in total. The summed E-state index contributed by atoms with van der Waals surface area (Å²) in [5.41, 5.74) is 0.0767. The average Bonchev–Trinajstić information content (AvgIpc) is 2.18. The molecule has 0 atom stereocenters. The smallest absolute Gasteiger partial charge is 0.310 e. The van der Waals surface area contributed by atoms with Gasteiger partial charge in [-0.3, -0.25) is 9.36 Å². The molecule has 0 saturated heterocycles. The van der Waals surface area contributed by atoms with Crippen LogP contribution in [-0.4, -0.2) is 15.2 Å². The Morgan fingerprint density at radius 2 is 1.93 bits per heavy atom. The number of aromatic nitrogens is 2. The Balaban J connectivity index is 3.10. The van der Waals surface area contributed by atoms with Crippen LogP contribution in [-0.2, 0) is 20.6 Å². The lowest BCUT2D eigenvalue weighted by atomic mass is 10.3. The number of hydrogen-bond acceptors (Lipinski definition) is 3. The number of aryl methyl sites for hydroxylation is 1. The Morgan fingerprint density at radius 3 is 2.47 bits per heavy atom. The van der Waals surface area contributed by atoms with Crippen LogP contribution < -0.4 is 16.6 Å². The summed E-state index contributed by atoms with van der Waals surface area (Å²) in [6.45, 7) is 4.50. The van der Waals surface area contributed by atoms with Gasteiger partial charge in [-0.15, -0.1) is 0 Å². The molecular formula is C10H17N3O2. The van der Waals surface area contributed by atoms with Crippen molar-refractivity contribution < 1.29 is 0 Å². The minimum absolute atomic E-state index is 0.230. The van der Waals surface area contributed by atoms with Crippen molar-refractivity contribution in [3.8, 4) is 0 Å². The minimum atomic E-state index is -0.298. The van der Waals surface area contributed by atoms with Crippen LogP contribution in [0.5, 0.6) is 0 Å². The predicted molar refractivity (Wildman–Crippen MR) is 58.9 cm³/mol. The topological polar surface area (TPSA) is 56.0 Å². The molecule has 0 aromatic carbocycles. The van der Waals surface area contributed by atoms with E-state index >= 15 is 0 Å². The summed E-state index contributed by atoms with van der Waals surface area (Å²) in [5.74, 6) is 0. The third-order valence-corrected chi connectivity index (χ3v) is 2.22. The van der Waals surface area contributed by atoms with Gasteiger partial charge in [0.15, 0.2) is 0 Å². The van der Waals surface area contributed by atoms with Gasteiger partial charge >= 0.3 is 5.69 Å². The largest absolute Gasteiger partial charge is 0.330 e. The Bertz CT molecular complexity index is 457. The van der Waals surface area contributed by atoms with Gasteiger partial charge in [0.05, 0.1) is 0 Å². The summed E-state index contributed by atoms with van der Waals surface area (Å²) in [7, 11) is 3.13. The molecule has 0 unspecified atom stereocenters. The summed E-state index contributed by atoms with van der Waals surface area (Å²) < 4.78 is 2.54. The molecule has 1 aromatic heterocycles. The molecule has 84 valence electrons. The highest BCUT2D eigenvalue weighted by Gasteiger charge is 2.06. The highest BCUT2D eigenvalue weighted by Crippen LogP contribution is 1.88. The first-order valence-electron chi connectivity index (χ1n) is 4.92. The van der Waals surface area contributed by atoms with Gasteiger partial charge in [-0.1, -0.05) is 13.8 Å². The van der Waals surface area contributed by atoms with Gasteiger partial charge in [-0.25, -0.2) is 4.79 Å². The maximum Gasteiger partial charge on any atom is 0.330 e. The van der Waals surface area contributed by atoms with E-state index in [1.54, 1.807) is 13.2 Å². The lowest BCUT2D eigenvalue weighted by Gasteiger charge is -2.09. The quantitative estimate of drug-likeness (QED) is 0.739. The average molecular weight is 211 g/mol. The first-order valence-corrected chi connectivity index (χ1v) is 4.92. The third-order valence-electron chi connectivity index (χ3n) is 2.22. The van der Waals surface area contributed by atoms with Crippen molar-refractivity contribution in [1.29, 1.82) is 0 Å². The predicted octanol–water partition coefficient (Wildman–Crippen LogP) is -0.418. The van der Waals surface area contributed by atoms with E-state index in [1.165, 1.54) is 11.6 Å². The Kier molecular flexibility index (Phi) is 3.47. The van der Waals surface area contributed by atoms with Gasteiger partial charge in [-0.2, -0.15) is 0 Å². The van der Waals surface area contributed by atoms with E-state index in [0.29, 0.717) is 18.2 Å². The van der Waals surface area contributed by atoms with Gasteiger partial charge in [0.1, 0.15) is 0 Å². The van der Waals surface area contributed by atoms with Crippen molar-refractivity contribution in [2.45, 2.75) is 26.4 Å². The van der Waals surface area contributed by atoms with Crippen molar-refractivity contribution in [2.24, 2.45) is 14.1 Å². The van der Waals surface area contributed by atoms with Crippen molar-refractivity contribution in [3.63, 3.8) is 0 Å². The van der Waals surface area contributed by atoms with E-state index in [2.05, 4.69) is 5.32 Å². The summed E-state index contributed by atoms with van der Waals surface area (Å²) in [5, 5.41) is 3.15. The van der Waals surface area contributed by atoms with Crippen LogP contribution in [0.2, 0.25) is 0 Å². The second-order valence-electron chi connectivity index (χ2n) is 3.95. The molecule has 15 heavy (non-hydrogen) atoms. The number of rotatable bonds is 3. The molecule has 5 heteroatoms. The highest BCUT2D eigenvalue weighted by molar-refractivity contribution is 5.05. The van der Waals surface area contributed by atoms with E-state index in [9.17, 15) is 9.59 Å². The molecule has 0 saturated carbocycles. The van der Waals surface area contributed by atoms with Gasteiger partial charge in [-0.05, 0) is 0 Å². The fraction of sp³-hybridized carbons (Fsp3) is 0.600. The minimum Gasteiger partial charge on any atom is -0.310 e. The van der Waals surface area contributed by atoms with Crippen LogP contribution >= 0.6 is 0 Å². The van der Waals surface area contributed by atoms with Crippen molar-refractivity contribution in [1.82, 2.24) is 14.5 Å². The van der Waals surface area contributed by atoms with Gasteiger partial charge < -0.3 is 9.88 Å². The summed E-state index contributed by atoms with van der Waals surface area (Å²) in [4.78, 5) is 23.0. The van der Waals surface area contributed by atoms with E-state index in [4.69, 9.17) is 0 Å². The standard InChI is InChI=1S/C10H17N3O2/c1-7(2)11-5-8-6-12(3)10(15)13(4)9(8)14/h6-7,11H,5H2,1-4H3. The second kappa shape index (κ2) is 4.44. The number of nitrogens with one attached hydrogen (secondary N) is 1. The molecule has 1 N–H and O–H groups in total. The SMILES string of the molecule is CC(C)NCc1cn(C)c(=O)n(C)c1=O. The van der Waals surface area contributed by atoms with Crippen molar-refractivity contribution >= 4 is 0 Å². The molecule has 0 aliphatic heterocycles. The molecule has 1 rings (SSSR count). The first kappa shape index (κ1) is 11.7. The summed E-state index contributed by atoms with van der Waals surface area (Å²) >= 11 is 0. The van der Waals surface area contributed by atoms with E-state index in [-0.39, 0.29) is 11.2 Å². The third kappa shape index (κ3) is 2.56. The van der Waals surface area contributed by atoms with Crippen LogP contribution in [0.3, 0.4) is 0 Å². The lowest BCUT2D eigenvalue weighted by Crippen LogP contribution is -2.40. The Hall–Kier alpha value is -1.36. The van der Waals surface area contributed by atoms with Crippen molar-refractivity contribution in [2.75, 3.05) is 0 Å². The van der Waals surface area contributed by atoms with Crippen LogP contribution in [0.4, 0.5) is 0 Å². The normalized spacial score (nSPS) is 11.0. The summed E-state index contributed by atoms with van der Waals surface area (Å²) in [6, 6.07) is 0.312. The zero-order chi connectivity index (χ0) is 11.6. The monoisotopic (exact) mass is 211 g/mol. The van der Waals surface area contributed by atoms with E-state index < -0.39 is 0 Å². The molecule has 0 aliphatic rings. The van der Waals surface area contributed by atoms with E-state index in [1.807, 2.05) is 13.8 Å². The van der Waals surface area contributed by atoms with Gasteiger partial charge in [0.2, 0.25) is 0 Å². The zero-order valence-corrected chi connectivity index (χ0v) is 9.57. The van der Waals surface area contributed by atoms with E-state index in [0.717, 1.165) is 4.57 Å². The molecular weight excluding hydrogens is 194 g/mol. The fourth-order valence-electron chi connectivity index (χ4n) is 1.32. The number of hydrogen-bond donors (Lipinski definition) is 1. The summed E-state index contributed by atoms with van der Waals surface area (Å²) in [6.07, 6.45) is 1.58. The molecule has 0 radical (unpaired) electrons. The maximum atomic E-state index is 11.7. The highest BCUT2D eigenvalue weighted by atomic mass is 16.2. The second-order valence-corrected chi connectivity index (χ2v) is 3.95. The van der Waals surface area contributed by atoms with Crippen LogP contribution in [0.25, 0.3) is 0 Å². The van der Waals surface area contributed by atoms with Crippen LogP contribution in [0.15, 0.2) is 15.8 Å². The zero-order valence-electron chi connectivity index (χ0n) is 9.57. The molecule has 0 amide bonds. The molecule has 1 heterocycles. The first-order chi connectivity index (χ1) is 6.93. The van der Waals surface area contributed by atoms with Gasteiger partial charge in [0.25, 0.3) is 5.56 Å². The maximum absolute atomic E-state index is 11.7. The molecule has 0 aliphatic carbocycles. The van der Waals surface area contributed by atoms with Crippen LogP contribution in [0, 0.1) is 0 Å². The van der Waals surface area contributed by atoms with Crippen molar-refractivity contribution in [3.05, 3.63) is 32.6 Å². The molecule has 0 fully saturated rings. The molecule has 1 aromatic rings. The lowest BCUT2D eigenvalue weighted by molar-refractivity contribution is 0.570. The Labute approximate surface area is 88.4 Å². The molecule has 0 bridgehead atoms. The van der Waals surface area contributed by atoms with Gasteiger partial charge in [0, 0.05) is 38.4 Å². The fourth-order valence-corrected chi connectivity index (χ4v) is 1.32.